The maximum absolute atomic E-state index is 12.9. The van der Waals surface area contributed by atoms with Crippen molar-refractivity contribution in [3.05, 3.63) is 60.8 Å². The molecule has 0 aromatic heterocycles. The highest BCUT2D eigenvalue weighted by atomic mass is 16.6. The lowest BCUT2D eigenvalue weighted by atomic mass is 10.0. The minimum Gasteiger partial charge on any atom is -0.462 e. The van der Waals surface area contributed by atoms with Gasteiger partial charge in [0.05, 0.1) is 0 Å². The fourth-order valence-corrected chi connectivity index (χ4v) is 10.5. The predicted molar refractivity (Wildman–Crippen MR) is 348 cm³/mol. The van der Waals surface area contributed by atoms with Gasteiger partial charge in [0.1, 0.15) is 13.2 Å². The molecule has 0 bridgehead atoms. The first kappa shape index (κ1) is 77.1. The minimum atomic E-state index is -0.771. The predicted octanol–water partition coefficient (Wildman–Crippen LogP) is 24.3. The Morgan fingerprint density at radius 3 is 0.775 bits per heavy atom. The molecule has 0 saturated carbocycles. The molecule has 6 nitrogen and oxygen atoms in total. The van der Waals surface area contributed by atoms with Gasteiger partial charge in [-0.25, -0.2) is 0 Å². The highest BCUT2D eigenvalue weighted by Crippen LogP contribution is 2.18. The van der Waals surface area contributed by atoms with E-state index in [1.54, 1.807) is 0 Å². The molecule has 0 N–H and O–H groups in total. The van der Waals surface area contributed by atoms with Gasteiger partial charge in [-0.3, -0.25) is 14.4 Å². The normalized spacial score (nSPS) is 12.4. The highest BCUT2D eigenvalue weighted by molar-refractivity contribution is 5.71. The van der Waals surface area contributed by atoms with E-state index in [4.69, 9.17) is 14.2 Å². The largest absolute Gasteiger partial charge is 0.462 e. The van der Waals surface area contributed by atoms with Gasteiger partial charge in [-0.1, -0.05) is 332 Å². The molecule has 80 heavy (non-hydrogen) atoms. The van der Waals surface area contributed by atoms with Crippen LogP contribution in [-0.4, -0.2) is 37.2 Å². The van der Waals surface area contributed by atoms with E-state index in [0.717, 1.165) is 83.5 Å². The van der Waals surface area contributed by atoms with Crippen LogP contribution in [0.3, 0.4) is 0 Å². The summed E-state index contributed by atoms with van der Waals surface area (Å²) in [5.41, 5.74) is 0. The smallest absolute Gasteiger partial charge is 0.306 e. The second-order valence-corrected chi connectivity index (χ2v) is 23.8. The van der Waals surface area contributed by atoms with Gasteiger partial charge < -0.3 is 14.2 Å². The fraction of sp³-hybridized carbons (Fsp3) is 0.824. The first-order valence-electron chi connectivity index (χ1n) is 35.3. The molecule has 1 atom stereocenters. The highest BCUT2D eigenvalue weighted by Gasteiger charge is 2.19. The molecule has 0 heterocycles. The van der Waals surface area contributed by atoms with Gasteiger partial charge in [0.15, 0.2) is 6.10 Å². The minimum absolute atomic E-state index is 0.0693. The number of hydrogen-bond donors (Lipinski definition) is 0. The summed E-state index contributed by atoms with van der Waals surface area (Å²) in [5.74, 6) is -0.852. The molecule has 0 spiro atoms. The van der Waals surface area contributed by atoms with Crippen LogP contribution in [0.5, 0.6) is 0 Å². The molecule has 0 aliphatic heterocycles. The summed E-state index contributed by atoms with van der Waals surface area (Å²) in [6.07, 6.45) is 88.5. The Morgan fingerprint density at radius 1 is 0.263 bits per heavy atom. The Labute approximate surface area is 498 Å². The van der Waals surface area contributed by atoms with Crippen LogP contribution in [0, 0.1) is 0 Å². The maximum Gasteiger partial charge on any atom is 0.306 e. The number of ether oxygens (including phenoxy) is 3. The maximum atomic E-state index is 12.9. The van der Waals surface area contributed by atoms with Crippen molar-refractivity contribution in [2.45, 2.75) is 380 Å². The summed E-state index contributed by atoms with van der Waals surface area (Å²) in [6.45, 7) is 6.55. The summed E-state index contributed by atoms with van der Waals surface area (Å²) in [6, 6.07) is 0. The molecular weight excluding hydrogens is 985 g/mol. The topological polar surface area (TPSA) is 78.9 Å². The van der Waals surface area contributed by atoms with Crippen LogP contribution in [0.15, 0.2) is 60.8 Å². The molecule has 0 saturated heterocycles. The molecule has 1 unspecified atom stereocenters. The van der Waals surface area contributed by atoms with E-state index < -0.39 is 6.10 Å². The summed E-state index contributed by atoms with van der Waals surface area (Å²) >= 11 is 0. The van der Waals surface area contributed by atoms with Crippen molar-refractivity contribution in [2.75, 3.05) is 13.2 Å². The average Bonchev–Trinajstić information content (AvgIpc) is 3.46. The van der Waals surface area contributed by atoms with Crippen LogP contribution in [0.2, 0.25) is 0 Å². The van der Waals surface area contributed by atoms with Crippen molar-refractivity contribution >= 4 is 17.9 Å². The van der Waals surface area contributed by atoms with E-state index in [9.17, 15) is 14.4 Å². The van der Waals surface area contributed by atoms with E-state index in [-0.39, 0.29) is 31.1 Å². The SMILES string of the molecule is CC/C=C\C/C=C\C/C=C\C/C=C\CCCCCCCCCCCCCCCCC(=O)OCC(COC(=O)CCCCCCCCCC)OC(=O)CCCCCCCCCCCCCCCCC/C=C\CCCCCCCCCC. The van der Waals surface area contributed by atoms with E-state index in [2.05, 4.69) is 81.5 Å². The third-order valence-corrected chi connectivity index (χ3v) is 15.8. The first-order valence-corrected chi connectivity index (χ1v) is 35.3. The summed E-state index contributed by atoms with van der Waals surface area (Å²) in [5, 5.41) is 0. The van der Waals surface area contributed by atoms with Crippen LogP contribution in [0.1, 0.15) is 374 Å². The summed E-state index contributed by atoms with van der Waals surface area (Å²) in [4.78, 5) is 38.2. The first-order chi connectivity index (χ1) is 39.5. The quantitative estimate of drug-likeness (QED) is 0.0261. The third-order valence-electron chi connectivity index (χ3n) is 15.8. The number of allylic oxidation sites excluding steroid dienone is 10. The zero-order chi connectivity index (χ0) is 57.8. The zero-order valence-electron chi connectivity index (χ0n) is 53.6. The number of carbonyl (C=O) groups excluding carboxylic acids is 3. The Balaban J connectivity index is 4.08. The third kappa shape index (κ3) is 65.9. The molecule has 0 aromatic carbocycles. The van der Waals surface area contributed by atoms with Crippen molar-refractivity contribution in [3.8, 4) is 0 Å². The van der Waals surface area contributed by atoms with Crippen LogP contribution >= 0.6 is 0 Å². The van der Waals surface area contributed by atoms with Gasteiger partial charge >= 0.3 is 17.9 Å². The second kappa shape index (κ2) is 68.6. The van der Waals surface area contributed by atoms with E-state index in [1.807, 2.05) is 0 Å². The Bertz CT molecular complexity index is 1430. The van der Waals surface area contributed by atoms with Crippen LogP contribution in [0.4, 0.5) is 0 Å². The van der Waals surface area contributed by atoms with Crippen molar-refractivity contribution < 1.29 is 28.6 Å². The molecule has 0 aliphatic carbocycles. The van der Waals surface area contributed by atoms with E-state index in [0.29, 0.717) is 19.3 Å². The van der Waals surface area contributed by atoms with E-state index in [1.165, 1.54) is 250 Å². The second-order valence-electron chi connectivity index (χ2n) is 23.8. The lowest BCUT2D eigenvalue weighted by Crippen LogP contribution is -2.30. The van der Waals surface area contributed by atoms with Crippen LogP contribution in [0.25, 0.3) is 0 Å². The number of carbonyl (C=O) groups is 3. The molecule has 0 rings (SSSR count). The van der Waals surface area contributed by atoms with Crippen molar-refractivity contribution in [2.24, 2.45) is 0 Å². The molecule has 0 aliphatic rings. The monoisotopic (exact) mass is 1120 g/mol. The van der Waals surface area contributed by atoms with Crippen LogP contribution < -0.4 is 0 Å². The Kier molecular flexibility index (Phi) is 66.1. The molecule has 0 aromatic rings. The number of unbranched alkanes of at least 4 members (excludes halogenated alkanes) is 44. The molecule has 0 fully saturated rings. The standard InChI is InChI=1S/C74H134O6/c1-4-7-10-13-16-19-21-23-25-27-29-31-33-35-37-39-41-43-45-47-49-51-53-55-58-61-64-67-73(76)79-70-71(69-78-72(75)66-63-60-57-18-15-12-9-6-3)80-74(77)68-65-62-59-56-54-52-50-48-46-44-42-40-38-36-34-32-30-28-26-24-22-20-17-14-11-8-5-2/h7,10,16,19,23,25,28-31,71H,4-6,8-9,11-15,17-18,20-22,24,26-27,32-70H2,1-3H3/b10-7-,19-16-,25-23-,30-28-,31-29-. The van der Waals surface area contributed by atoms with E-state index >= 15 is 0 Å². The van der Waals surface area contributed by atoms with Gasteiger partial charge in [-0.2, -0.15) is 0 Å². The lowest BCUT2D eigenvalue weighted by molar-refractivity contribution is -0.167. The van der Waals surface area contributed by atoms with Crippen molar-refractivity contribution in [3.63, 3.8) is 0 Å². The lowest BCUT2D eigenvalue weighted by Gasteiger charge is -2.18. The number of rotatable bonds is 65. The Morgan fingerprint density at radius 2 is 0.487 bits per heavy atom. The van der Waals surface area contributed by atoms with Gasteiger partial charge in [-0.15, -0.1) is 0 Å². The average molecular weight is 1120 g/mol. The summed E-state index contributed by atoms with van der Waals surface area (Å²) < 4.78 is 16.9. The van der Waals surface area contributed by atoms with Gasteiger partial charge in [0.2, 0.25) is 0 Å². The Hall–Kier alpha value is -2.89. The van der Waals surface area contributed by atoms with Gasteiger partial charge in [-0.05, 0) is 83.5 Å². The number of esters is 3. The summed E-state index contributed by atoms with van der Waals surface area (Å²) in [7, 11) is 0. The molecule has 6 heteroatoms. The van der Waals surface area contributed by atoms with Gasteiger partial charge in [0.25, 0.3) is 0 Å². The van der Waals surface area contributed by atoms with Crippen molar-refractivity contribution in [1.82, 2.24) is 0 Å². The molecule has 0 amide bonds. The van der Waals surface area contributed by atoms with Crippen molar-refractivity contribution in [1.29, 1.82) is 0 Å². The fourth-order valence-electron chi connectivity index (χ4n) is 10.5. The van der Waals surface area contributed by atoms with Crippen LogP contribution in [-0.2, 0) is 28.6 Å². The molecule has 466 valence electrons. The van der Waals surface area contributed by atoms with Gasteiger partial charge in [0, 0.05) is 19.3 Å². The molecular formula is C74H134O6. The zero-order valence-corrected chi connectivity index (χ0v) is 53.6. The number of hydrogen-bond acceptors (Lipinski definition) is 6. The molecule has 0 radical (unpaired) electrons.